The zero-order valence-corrected chi connectivity index (χ0v) is 9.31. The Hall–Kier alpha value is -0.0800. The van der Waals surface area contributed by atoms with Crippen molar-refractivity contribution in [1.82, 2.24) is 0 Å². The lowest BCUT2D eigenvalue weighted by Crippen LogP contribution is -2.47. The molecule has 0 aromatic heterocycles. The summed E-state index contributed by atoms with van der Waals surface area (Å²) in [6.45, 7) is 9.17. The van der Waals surface area contributed by atoms with Crippen LogP contribution in [0.5, 0.6) is 0 Å². The molecule has 0 unspecified atom stereocenters. The van der Waals surface area contributed by atoms with Crippen molar-refractivity contribution >= 4 is 0 Å². The summed E-state index contributed by atoms with van der Waals surface area (Å²) in [6.07, 6.45) is 4.58. The zero-order valence-electron chi connectivity index (χ0n) is 9.31. The van der Waals surface area contributed by atoms with Crippen molar-refractivity contribution in [2.75, 3.05) is 19.6 Å². The van der Waals surface area contributed by atoms with Gasteiger partial charge in [0.2, 0.25) is 0 Å². The molecule has 0 radical (unpaired) electrons. The maximum Gasteiger partial charge on any atom is 0.0789 e. The third-order valence-corrected chi connectivity index (χ3v) is 2.90. The largest absolute Gasteiger partial charge is 0.633 e. The highest BCUT2D eigenvalue weighted by Crippen LogP contribution is 2.24. The summed E-state index contributed by atoms with van der Waals surface area (Å²) < 4.78 is 0.0806. The number of hydrogen-bond acceptors (Lipinski definition) is 1. The van der Waals surface area contributed by atoms with Crippen LogP contribution < -0.4 is 0 Å². The standard InChI is InChI=1S/C11H23NO/c1-11(2,3)7-10-12(13)8-5-4-6-9-12/h4-10H2,1-3H3. The number of rotatable bonds is 2. The van der Waals surface area contributed by atoms with E-state index in [1.165, 1.54) is 6.42 Å². The lowest BCUT2D eigenvalue weighted by atomic mass is 9.91. The molecule has 2 heteroatoms. The average molecular weight is 185 g/mol. The molecule has 0 aromatic rings. The molecule has 1 fully saturated rings. The SMILES string of the molecule is CC(C)(C)CC[N+]1([O-])CCCCC1. The van der Waals surface area contributed by atoms with Crippen LogP contribution in [0.4, 0.5) is 0 Å². The van der Waals surface area contributed by atoms with Gasteiger partial charge in [-0.1, -0.05) is 20.8 Å². The van der Waals surface area contributed by atoms with Crippen molar-refractivity contribution in [3.05, 3.63) is 5.21 Å². The van der Waals surface area contributed by atoms with Gasteiger partial charge in [-0.05, 0) is 24.7 Å². The minimum Gasteiger partial charge on any atom is -0.633 e. The van der Waals surface area contributed by atoms with E-state index in [-0.39, 0.29) is 4.65 Å². The second kappa shape index (κ2) is 3.97. The molecule has 78 valence electrons. The van der Waals surface area contributed by atoms with Gasteiger partial charge in [0.05, 0.1) is 19.6 Å². The fourth-order valence-electron chi connectivity index (χ4n) is 1.85. The van der Waals surface area contributed by atoms with E-state index < -0.39 is 0 Å². The summed E-state index contributed by atoms with van der Waals surface area (Å²) in [7, 11) is 0. The maximum atomic E-state index is 12.1. The molecule has 0 spiro atoms. The highest BCUT2D eigenvalue weighted by Gasteiger charge is 2.23. The molecule has 0 aliphatic carbocycles. The van der Waals surface area contributed by atoms with E-state index in [4.69, 9.17) is 0 Å². The van der Waals surface area contributed by atoms with Gasteiger partial charge in [0.1, 0.15) is 0 Å². The van der Waals surface area contributed by atoms with Crippen molar-refractivity contribution < 1.29 is 4.65 Å². The third-order valence-electron chi connectivity index (χ3n) is 2.90. The Morgan fingerprint density at radius 2 is 1.62 bits per heavy atom. The minimum absolute atomic E-state index is 0.0806. The van der Waals surface area contributed by atoms with Crippen molar-refractivity contribution in [2.45, 2.75) is 46.5 Å². The Morgan fingerprint density at radius 3 is 2.08 bits per heavy atom. The normalized spacial score (nSPS) is 23.1. The minimum atomic E-state index is 0.0806. The Labute approximate surface area is 82.1 Å². The van der Waals surface area contributed by atoms with Gasteiger partial charge in [-0.3, -0.25) is 0 Å². The van der Waals surface area contributed by atoms with Gasteiger partial charge in [-0.25, -0.2) is 0 Å². The zero-order chi connectivity index (χ0) is 9.95. The van der Waals surface area contributed by atoms with Crippen molar-refractivity contribution in [1.29, 1.82) is 0 Å². The van der Waals surface area contributed by atoms with Crippen LogP contribution in [0.3, 0.4) is 0 Å². The van der Waals surface area contributed by atoms with Crippen molar-refractivity contribution in [3.8, 4) is 0 Å². The van der Waals surface area contributed by atoms with Gasteiger partial charge in [0.25, 0.3) is 0 Å². The van der Waals surface area contributed by atoms with E-state index >= 15 is 0 Å². The van der Waals surface area contributed by atoms with Gasteiger partial charge < -0.3 is 9.85 Å². The van der Waals surface area contributed by atoms with Crippen LogP contribution in [0.2, 0.25) is 0 Å². The molecule has 0 aromatic carbocycles. The summed E-state index contributed by atoms with van der Waals surface area (Å²) >= 11 is 0. The number of likely N-dealkylation sites (tertiary alicyclic amines) is 1. The molecule has 1 aliphatic rings. The molecule has 0 saturated carbocycles. The Bertz CT molecular complexity index is 154. The van der Waals surface area contributed by atoms with Crippen LogP contribution in [0.15, 0.2) is 0 Å². The summed E-state index contributed by atoms with van der Waals surface area (Å²) in [6, 6.07) is 0. The van der Waals surface area contributed by atoms with E-state index in [2.05, 4.69) is 20.8 Å². The van der Waals surface area contributed by atoms with E-state index in [9.17, 15) is 5.21 Å². The smallest absolute Gasteiger partial charge is 0.0789 e. The lowest BCUT2D eigenvalue weighted by molar-refractivity contribution is -0.886. The number of hydroxylamine groups is 3. The first-order valence-electron chi connectivity index (χ1n) is 5.48. The van der Waals surface area contributed by atoms with Gasteiger partial charge >= 0.3 is 0 Å². The maximum absolute atomic E-state index is 12.1. The van der Waals surface area contributed by atoms with Crippen LogP contribution in [0.25, 0.3) is 0 Å². The molecular weight excluding hydrogens is 162 g/mol. The van der Waals surface area contributed by atoms with E-state index in [0.717, 1.165) is 38.9 Å². The van der Waals surface area contributed by atoms with Crippen LogP contribution in [-0.2, 0) is 0 Å². The fourth-order valence-corrected chi connectivity index (χ4v) is 1.85. The molecule has 13 heavy (non-hydrogen) atoms. The van der Waals surface area contributed by atoms with Crippen LogP contribution in [0, 0.1) is 10.6 Å². The highest BCUT2D eigenvalue weighted by molar-refractivity contribution is 4.63. The molecule has 0 atom stereocenters. The predicted octanol–water partition coefficient (Wildman–Crippen LogP) is 2.92. The molecular formula is C11H23NO. The predicted molar refractivity (Wildman–Crippen MR) is 56.2 cm³/mol. The van der Waals surface area contributed by atoms with Crippen LogP contribution >= 0.6 is 0 Å². The van der Waals surface area contributed by atoms with Crippen LogP contribution in [-0.4, -0.2) is 24.3 Å². The quantitative estimate of drug-likeness (QED) is 0.479. The van der Waals surface area contributed by atoms with E-state index in [1.807, 2.05) is 0 Å². The van der Waals surface area contributed by atoms with E-state index in [1.54, 1.807) is 0 Å². The average Bonchev–Trinajstić information content (AvgIpc) is 2.02. The monoisotopic (exact) mass is 185 g/mol. The second-order valence-corrected chi connectivity index (χ2v) is 5.60. The molecule has 0 N–H and O–H groups in total. The van der Waals surface area contributed by atoms with Gasteiger partial charge in [-0.2, -0.15) is 0 Å². The first kappa shape index (κ1) is 11.0. The first-order valence-corrected chi connectivity index (χ1v) is 5.48. The van der Waals surface area contributed by atoms with Gasteiger partial charge in [-0.15, -0.1) is 0 Å². The molecule has 1 heterocycles. The highest BCUT2D eigenvalue weighted by atomic mass is 16.5. The third kappa shape index (κ3) is 4.10. The lowest BCUT2D eigenvalue weighted by Gasteiger charge is -2.46. The van der Waals surface area contributed by atoms with Crippen LogP contribution in [0.1, 0.15) is 46.5 Å². The number of nitrogens with zero attached hydrogens (tertiary/aromatic N) is 1. The fraction of sp³-hybridized carbons (Fsp3) is 1.00. The summed E-state index contributed by atoms with van der Waals surface area (Å²) in [5.41, 5.74) is 0.313. The number of hydrogen-bond donors (Lipinski definition) is 0. The molecule has 1 rings (SSSR count). The molecule has 0 amide bonds. The summed E-state index contributed by atoms with van der Waals surface area (Å²) in [5, 5.41) is 12.1. The van der Waals surface area contributed by atoms with E-state index in [0.29, 0.717) is 5.41 Å². The molecule has 1 saturated heterocycles. The summed E-state index contributed by atoms with van der Waals surface area (Å²) in [4.78, 5) is 0. The number of piperidine rings is 1. The Morgan fingerprint density at radius 1 is 1.08 bits per heavy atom. The number of quaternary nitrogens is 1. The summed E-state index contributed by atoms with van der Waals surface area (Å²) in [5.74, 6) is 0. The van der Waals surface area contributed by atoms with Gasteiger partial charge in [0.15, 0.2) is 0 Å². The Balaban J connectivity index is 2.33. The second-order valence-electron chi connectivity index (χ2n) is 5.60. The Kier molecular flexibility index (Phi) is 3.36. The van der Waals surface area contributed by atoms with Gasteiger partial charge in [0, 0.05) is 6.42 Å². The van der Waals surface area contributed by atoms with Crippen molar-refractivity contribution in [3.63, 3.8) is 0 Å². The van der Waals surface area contributed by atoms with Crippen molar-refractivity contribution in [2.24, 2.45) is 5.41 Å². The molecule has 2 nitrogen and oxygen atoms in total. The first-order chi connectivity index (χ1) is 5.91. The molecule has 0 bridgehead atoms. The molecule has 1 aliphatic heterocycles. The topological polar surface area (TPSA) is 23.1 Å².